The number of aliphatic hydroxyl groups is 2. The lowest BCUT2D eigenvalue weighted by atomic mass is 9.75. The Morgan fingerprint density at radius 1 is 0.676 bits per heavy atom. The second-order valence-electron chi connectivity index (χ2n) is 14.1. The first-order valence-electron chi connectivity index (χ1n) is 14.2. The predicted octanol–water partition coefficient (Wildman–Crippen LogP) is 7.46. The van der Waals surface area contributed by atoms with Crippen molar-refractivity contribution in [1.82, 2.24) is 0 Å². The molecule has 2 aliphatic rings. The zero-order valence-electron chi connectivity index (χ0n) is 24.8. The molecule has 0 aromatic rings. The fourth-order valence-electron chi connectivity index (χ4n) is 5.41. The van der Waals surface area contributed by atoms with E-state index in [0.717, 1.165) is 61.7 Å². The average molecular weight is 513 g/mol. The second kappa shape index (κ2) is 12.4. The van der Waals surface area contributed by atoms with Gasteiger partial charge in [0.1, 0.15) is 0 Å². The minimum Gasteiger partial charge on any atom is -0.396 e. The van der Waals surface area contributed by atoms with Crippen LogP contribution >= 0.6 is 0 Å². The van der Waals surface area contributed by atoms with Gasteiger partial charge in [0.05, 0.1) is 0 Å². The first-order valence-corrected chi connectivity index (χ1v) is 14.2. The van der Waals surface area contributed by atoms with Gasteiger partial charge in [-0.1, -0.05) is 71.4 Å². The fraction of sp³-hybridized carbons (Fsp3) is 0.697. The maximum Gasteiger partial charge on any atom is 0.184 e. The van der Waals surface area contributed by atoms with Crippen molar-refractivity contribution in [2.45, 2.75) is 113 Å². The molecule has 0 amide bonds. The normalized spacial score (nSPS) is 19.8. The van der Waals surface area contributed by atoms with Gasteiger partial charge >= 0.3 is 0 Å². The van der Waals surface area contributed by atoms with Crippen molar-refractivity contribution < 1.29 is 19.8 Å². The van der Waals surface area contributed by atoms with Crippen LogP contribution in [0.4, 0.5) is 0 Å². The van der Waals surface area contributed by atoms with E-state index in [-0.39, 0.29) is 41.0 Å². The molecular formula is C33H52O4. The van der Waals surface area contributed by atoms with Crippen LogP contribution in [0.25, 0.3) is 0 Å². The van der Waals surface area contributed by atoms with Crippen LogP contribution in [0.3, 0.4) is 0 Å². The van der Waals surface area contributed by atoms with Crippen molar-refractivity contribution >= 4 is 11.6 Å². The third-order valence-corrected chi connectivity index (χ3v) is 7.83. The lowest BCUT2D eigenvalue weighted by Crippen LogP contribution is -2.27. The van der Waals surface area contributed by atoms with Crippen LogP contribution in [0.1, 0.15) is 113 Å². The third-order valence-electron chi connectivity index (χ3n) is 7.83. The van der Waals surface area contributed by atoms with Gasteiger partial charge in [-0.05, 0) is 99.2 Å². The largest absolute Gasteiger partial charge is 0.396 e. The molecule has 208 valence electrons. The highest BCUT2D eigenvalue weighted by molar-refractivity contribution is 6.09. The number of rotatable bonds is 14. The highest BCUT2D eigenvalue weighted by Crippen LogP contribution is 2.37. The molecule has 4 nitrogen and oxygen atoms in total. The van der Waals surface area contributed by atoms with Gasteiger partial charge in [-0.15, -0.1) is 0 Å². The molecule has 0 spiro atoms. The summed E-state index contributed by atoms with van der Waals surface area (Å²) in [6.45, 7) is 16.9. The van der Waals surface area contributed by atoms with E-state index >= 15 is 0 Å². The fourth-order valence-corrected chi connectivity index (χ4v) is 5.41. The molecule has 0 unspecified atom stereocenters. The SMILES string of the molecule is CC1(C)C=C(CCCC2=CC(CCCC(C)(C)CO)=CC(C)(C)C2=O)C(=O)C(CCCC(C)(C)CO)=C1. The van der Waals surface area contributed by atoms with E-state index in [4.69, 9.17) is 0 Å². The van der Waals surface area contributed by atoms with E-state index in [0.29, 0.717) is 12.8 Å². The Morgan fingerprint density at radius 2 is 1.14 bits per heavy atom. The Bertz CT molecular complexity index is 966. The quantitative estimate of drug-likeness (QED) is 0.253. The Kier molecular flexibility index (Phi) is 10.5. The van der Waals surface area contributed by atoms with E-state index in [1.807, 2.05) is 13.8 Å². The molecule has 0 radical (unpaired) electrons. The van der Waals surface area contributed by atoms with Crippen LogP contribution in [0.15, 0.2) is 46.6 Å². The number of hydrogen-bond acceptors (Lipinski definition) is 4. The standard InChI is InChI=1S/C33H52O4/c1-30(2,22-34)16-10-12-24-18-25(29(37)33(7,8)19-24)13-9-14-26-20-32(5,6)21-27(28(26)36)15-11-17-31(3,4)23-35/h18-21,34-35H,9-17,22-23H2,1-8H3. The van der Waals surface area contributed by atoms with Gasteiger partial charge in [0.15, 0.2) is 11.6 Å². The van der Waals surface area contributed by atoms with E-state index < -0.39 is 5.41 Å². The molecule has 0 saturated heterocycles. The predicted molar refractivity (Wildman–Crippen MR) is 153 cm³/mol. The molecular weight excluding hydrogens is 460 g/mol. The van der Waals surface area contributed by atoms with Crippen LogP contribution in [0.5, 0.6) is 0 Å². The summed E-state index contributed by atoms with van der Waals surface area (Å²) in [5, 5.41) is 19.1. The number of carbonyl (C=O) groups is 2. The van der Waals surface area contributed by atoms with Crippen molar-refractivity contribution in [2.24, 2.45) is 21.7 Å². The lowest BCUT2D eigenvalue weighted by molar-refractivity contribution is -0.121. The van der Waals surface area contributed by atoms with Gasteiger partial charge in [0.25, 0.3) is 0 Å². The highest BCUT2D eigenvalue weighted by Gasteiger charge is 2.32. The molecule has 0 saturated carbocycles. The van der Waals surface area contributed by atoms with Crippen LogP contribution in [0, 0.1) is 21.7 Å². The topological polar surface area (TPSA) is 74.6 Å². The molecule has 0 aromatic heterocycles. The minimum atomic E-state index is -0.508. The van der Waals surface area contributed by atoms with Crippen molar-refractivity contribution in [3.63, 3.8) is 0 Å². The van der Waals surface area contributed by atoms with E-state index in [9.17, 15) is 19.8 Å². The average Bonchev–Trinajstić information content (AvgIpc) is 2.79. The number of allylic oxidation sites excluding steroid dienone is 8. The Labute approximate surface area is 226 Å². The minimum absolute atomic E-state index is 0.0799. The molecule has 0 bridgehead atoms. The van der Waals surface area contributed by atoms with Crippen molar-refractivity contribution in [3.8, 4) is 0 Å². The van der Waals surface area contributed by atoms with E-state index in [1.165, 1.54) is 5.57 Å². The molecule has 2 aliphatic carbocycles. The van der Waals surface area contributed by atoms with Gasteiger partial charge in [0.2, 0.25) is 0 Å². The molecule has 2 rings (SSSR count). The van der Waals surface area contributed by atoms with Crippen LogP contribution in [-0.2, 0) is 9.59 Å². The maximum absolute atomic E-state index is 13.3. The van der Waals surface area contributed by atoms with Gasteiger partial charge in [-0.2, -0.15) is 0 Å². The summed E-state index contributed by atoms with van der Waals surface area (Å²) in [5.74, 6) is 0.334. The first kappa shape index (κ1) is 31.4. The molecule has 0 aliphatic heterocycles. The summed E-state index contributed by atoms with van der Waals surface area (Å²) < 4.78 is 0. The second-order valence-corrected chi connectivity index (χ2v) is 14.1. The van der Waals surface area contributed by atoms with Gasteiger partial charge in [-0.3, -0.25) is 9.59 Å². The van der Waals surface area contributed by atoms with Gasteiger partial charge in [-0.25, -0.2) is 0 Å². The molecule has 0 atom stereocenters. The van der Waals surface area contributed by atoms with Crippen molar-refractivity contribution in [1.29, 1.82) is 0 Å². The molecule has 0 fully saturated rings. The molecule has 37 heavy (non-hydrogen) atoms. The number of ketones is 2. The Morgan fingerprint density at radius 3 is 1.65 bits per heavy atom. The number of aliphatic hydroxyl groups excluding tert-OH is 2. The summed E-state index contributed by atoms with van der Waals surface area (Å²) in [7, 11) is 0. The summed E-state index contributed by atoms with van der Waals surface area (Å²) in [6.07, 6.45) is 15.9. The first-order chi connectivity index (χ1) is 17.0. The Balaban J connectivity index is 2.01. The van der Waals surface area contributed by atoms with E-state index in [1.54, 1.807) is 0 Å². The monoisotopic (exact) mass is 512 g/mol. The summed E-state index contributed by atoms with van der Waals surface area (Å²) in [4.78, 5) is 26.4. The zero-order chi connectivity index (χ0) is 28.1. The molecule has 2 N–H and O–H groups in total. The summed E-state index contributed by atoms with van der Waals surface area (Å²) >= 11 is 0. The molecule has 0 heterocycles. The molecule has 4 heteroatoms. The molecule has 0 aromatic carbocycles. The van der Waals surface area contributed by atoms with E-state index in [2.05, 4.69) is 65.8 Å². The zero-order valence-corrected chi connectivity index (χ0v) is 24.8. The third kappa shape index (κ3) is 9.48. The van der Waals surface area contributed by atoms with Gasteiger partial charge in [0, 0.05) is 24.0 Å². The lowest BCUT2D eigenvalue weighted by Gasteiger charge is -2.28. The Hall–Kier alpha value is -1.78. The maximum atomic E-state index is 13.3. The van der Waals surface area contributed by atoms with Crippen LogP contribution in [-0.4, -0.2) is 35.0 Å². The summed E-state index contributed by atoms with van der Waals surface area (Å²) in [6, 6.07) is 0. The highest BCUT2D eigenvalue weighted by atomic mass is 16.3. The smallest absolute Gasteiger partial charge is 0.184 e. The van der Waals surface area contributed by atoms with Crippen LogP contribution in [0.2, 0.25) is 0 Å². The number of carbonyl (C=O) groups excluding carboxylic acids is 2. The number of Topliss-reactive ketones (excluding diaryl/α,β-unsaturated/α-hetero) is 2. The van der Waals surface area contributed by atoms with Crippen molar-refractivity contribution in [3.05, 3.63) is 46.6 Å². The van der Waals surface area contributed by atoms with Crippen LogP contribution < -0.4 is 0 Å². The summed E-state index contributed by atoms with van der Waals surface area (Å²) in [5.41, 5.74) is 2.96. The van der Waals surface area contributed by atoms with Gasteiger partial charge < -0.3 is 10.2 Å². The van der Waals surface area contributed by atoms with Crippen molar-refractivity contribution in [2.75, 3.05) is 13.2 Å². The number of hydrogen-bond donors (Lipinski definition) is 2.